The fraction of sp³-hybridized carbons (Fsp3) is 0.562. The Labute approximate surface area is 146 Å². The topological polar surface area (TPSA) is 73.4 Å². The highest BCUT2D eigenvalue weighted by Crippen LogP contribution is 2.54. The Morgan fingerprint density at radius 2 is 2.17 bits per heavy atom. The number of amides is 1. The summed E-state index contributed by atoms with van der Waals surface area (Å²) in [5.41, 5.74) is 2.55. The smallest absolute Gasteiger partial charge is 0.156 e. The van der Waals surface area contributed by atoms with E-state index in [0.717, 1.165) is 13.1 Å². The molecule has 3 atom stereocenters. The molecule has 1 aliphatic carbocycles. The summed E-state index contributed by atoms with van der Waals surface area (Å²) in [6.07, 6.45) is -1.21. The van der Waals surface area contributed by atoms with Crippen molar-refractivity contribution in [1.29, 1.82) is 0 Å². The number of halogens is 2. The summed E-state index contributed by atoms with van der Waals surface area (Å²) in [6, 6.07) is 2.03. The third kappa shape index (κ3) is 3.52. The van der Waals surface area contributed by atoms with E-state index in [2.05, 4.69) is 12.2 Å². The number of methoxy groups -OCH3 is 1. The van der Waals surface area contributed by atoms with Crippen LogP contribution < -0.4 is 20.5 Å². The number of hydrogen-bond acceptors (Lipinski definition) is 4. The first-order valence-corrected chi connectivity index (χ1v) is 8.39. The average Bonchev–Trinajstić information content (AvgIpc) is 3.04. The molecule has 1 saturated heterocycles. The predicted octanol–water partition coefficient (Wildman–Crippen LogP) is 2.36. The van der Waals surface area contributed by atoms with Crippen LogP contribution >= 0.6 is 23.2 Å². The number of fused-ring (bicyclic) bond motifs is 3. The van der Waals surface area contributed by atoms with Crippen LogP contribution in [0.2, 0.25) is 10.0 Å². The standard InChI is InChI=1S/C13H15Cl2NO.C3H7NO2/c1-6-7-3-10(14)13(17-2)12(15)11(7)9-5-16-4-8(6)9;1-2-4-3(5)6/h3,6,8-9,16H,4-5H2,1-2H3;4H,2H2,1H3,(H,5,6)/p-1. The molecule has 7 heteroatoms. The minimum absolute atomic E-state index is 0.419. The van der Waals surface area contributed by atoms with Gasteiger partial charge in [-0.2, -0.15) is 0 Å². The molecule has 23 heavy (non-hydrogen) atoms. The first-order valence-electron chi connectivity index (χ1n) is 7.63. The Morgan fingerprint density at radius 1 is 1.48 bits per heavy atom. The van der Waals surface area contributed by atoms with Crippen molar-refractivity contribution in [3.8, 4) is 5.75 Å². The second kappa shape index (κ2) is 7.60. The van der Waals surface area contributed by atoms with Gasteiger partial charge in [-0.15, -0.1) is 0 Å². The molecule has 0 saturated carbocycles. The molecule has 1 aromatic rings. The van der Waals surface area contributed by atoms with E-state index in [0.29, 0.717) is 40.1 Å². The van der Waals surface area contributed by atoms with Crippen LogP contribution in [0.4, 0.5) is 4.79 Å². The van der Waals surface area contributed by atoms with Crippen molar-refractivity contribution in [2.24, 2.45) is 5.92 Å². The van der Waals surface area contributed by atoms with Gasteiger partial charge in [0.1, 0.15) is 6.09 Å². The fourth-order valence-electron chi connectivity index (χ4n) is 3.49. The quantitative estimate of drug-likeness (QED) is 0.849. The molecule has 1 aromatic carbocycles. The largest absolute Gasteiger partial charge is 0.530 e. The van der Waals surface area contributed by atoms with E-state index in [1.165, 1.54) is 11.1 Å². The van der Waals surface area contributed by atoms with E-state index in [-0.39, 0.29) is 0 Å². The maximum Gasteiger partial charge on any atom is 0.156 e. The molecule has 0 spiro atoms. The molecule has 0 radical (unpaired) electrons. The number of rotatable bonds is 2. The number of hydrogen-bond donors (Lipinski definition) is 2. The van der Waals surface area contributed by atoms with Gasteiger partial charge in [-0.1, -0.05) is 30.1 Å². The van der Waals surface area contributed by atoms with E-state index in [4.69, 9.17) is 27.9 Å². The van der Waals surface area contributed by atoms with Gasteiger partial charge >= 0.3 is 0 Å². The molecule has 1 amide bonds. The molecule has 5 nitrogen and oxygen atoms in total. The summed E-state index contributed by atoms with van der Waals surface area (Å²) in [6.45, 7) is 6.44. The zero-order valence-electron chi connectivity index (χ0n) is 13.4. The van der Waals surface area contributed by atoms with Gasteiger partial charge in [-0.05, 0) is 42.5 Å². The average molecular weight is 360 g/mol. The maximum atomic E-state index is 9.38. The lowest BCUT2D eigenvalue weighted by molar-refractivity contribution is -0.250. The van der Waals surface area contributed by atoms with Gasteiger partial charge < -0.3 is 25.3 Å². The van der Waals surface area contributed by atoms with Crippen LogP contribution in [-0.4, -0.2) is 32.8 Å². The minimum atomic E-state index is -1.21. The lowest BCUT2D eigenvalue weighted by atomic mass is 9.91. The van der Waals surface area contributed by atoms with E-state index in [9.17, 15) is 9.90 Å². The zero-order valence-corrected chi connectivity index (χ0v) is 14.9. The fourth-order valence-corrected chi connectivity index (χ4v) is 4.26. The summed E-state index contributed by atoms with van der Waals surface area (Å²) >= 11 is 12.7. The Morgan fingerprint density at radius 3 is 2.70 bits per heavy atom. The Bertz CT molecular complexity index is 595. The summed E-state index contributed by atoms with van der Waals surface area (Å²) in [5, 5.41) is 16.2. The van der Waals surface area contributed by atoms with Gasteiger partial charge in [0.25, 0.3) is 0 Å². The van der Waals surface area contributed by atoms with Gasteiger partial charge in [-0.3, -0.25) is 0 Å². The third-order valence-corrected chi connectivity index (χ3v) is 5.19. The van der Waals surface area contributed by atoms with E-state index < -0.39 is 6.09 Å². The van der Waals surface area contributed by atoms with Crippen molar-refractivity contribution in [3.63, 3.8) is 0 Å². The van der Waals surface area contributed by atoms with Gasteiger partial charge in [0.15, 0.2) is 5.75 Å². The first-order chi connectivity index (χ1) is 10.9. The Kier molecular flexibility index (Phi) is 6.00. The van der Waals surface area contributed by atoms with Gasteiger partial charge in [0.2, 0.25) is 0 Å². The second-order valence-electron chi connectivity index (χ2n) is 5.74. The monoisotopic (exact) mass is 359 g/mol. The number of carboxylic acid groups (broad SMARTS) is 1. The van der Waals surface area contributed by atoms with Crippen LogP contribution in [0, 0.1) is 5.92 Å². The van der Waals surface area contributed by atoms with Crippen molar-refractivity contribution in [2.75, 3.05) is 26.7 Å². The Hall–Kier alpha value is -1.17. The van der Waals surface area contributed by atoms with Gasteiger partial charge in [-0.25, -0.2) is 0 Å². The number of ether oxygens (including phenoxy) is 1. The number of nitrogens with one attached hydrogen (secondary N) is 2. The summed E-state index contributed by atoms with van der Waals surface area (Å²) in [7, 11) is 1.61. The molecule has 2 N–H and O–H groups in total. The normalized spacial score (nSPS) is 24.3. The molecule has 2 aliphatic rings. The van der Waals surface area contributed by atoms with Crippen molar-refractivity contribution in [3.05, 3.63) is 27.2 Å². The molecular weight excluding hydrogens is 339 g/mol. The molecule has 0 bridgehead atoms. The third-order valence-electron chi connectivity index (χ3n) is 4.54. The highest BCUT2D eigenvalue weighted by molar-refractivity contribution is 6.38. The van der Waals surface area contributed by atoms with Crippen LogP contribution in [0.1, 0.15) is 36.8 Å². The SMILES string of the molecule is CCNC(=O)[O-].COc1c(Cl)cc2c(c1Cl)C1CNCC1C2C. The number of carbonyl (C=O) groups excluding carboxylic acids is 1. The maximum absolute atomic E-state index is 9.38. The van der Waals surface area contributed by atoms with Crippen molar-refractivity contribution in [1.82, 2.24) is 10.6 Å². The lowest BCUT2D eigenvalue weighted by Crippen LogP contribution is -2.35. The molecule has 1 fully saturated rings. The van der Waals surface area contributed by atoms with Crippen LogP contribution in [0.3, 0.4) is 0 Å². The summed E-state index contributed by atoms with van der Waals surface area (Å²) < 4.78 is 5.30. The highest BCUT2D eigenvalue weighted by Gasteiger charge is 2.43. The van der Waals surface area contributed by atoms with Crippen molar-refractivity contribution >= 4 is 29.3 Å². The number of benzene rings is 1. The summed E-state index contributed by atoms with van der Waals surface area (Å²) in [5.74, 6) is 2.29. The minimum Gasteiger partial charge on any atom is -0.530 e. The molecule has 1 aliphatic heterocycles. The van der Waals surface area contributed by atoms with Crippen LogP contribution in [0.25, 0.3) is 0 Å². The molecule has 3 rings (SSSR count). The van der Waals surface area contributed by atoms with Gasteiger partial charge in [0.05, 0.1) is 17.2 Å². The van der Waals surface area contributed by atoms with Gasteiger partial charge in [0, 0.05) is 19.0 Å². The summed E-state index contributed by atoms with van der Waals surface area (Å²) in [4.78, 5) is 9.38. The lowest BCUT2D eigenvalue weighted by Gasteiger charge is -2.14. The predicted molar refractivity (Wildman–Crippen MR) is 89.6 cm³/mol. The first kappa shape index (κ1) is 18.2. The molecule has 3 unspecified atom stereocenters. The highest BCUT2D eigenvalue weighted by atomic mass is 35.5. The molecular formula is C16H21Cl2N2O3-. The van der Waals surface area contributed by atoms with E-state index in [1.54, 1.807) is 14.0 Å². The Balaban J connectivity index is 0.000000277. The zero-order chi connectivity index (χ0) is 17.1. The molecule has 0 aromatic heterocycles. The van der Waals surface area contributed by atoms with E-state index in [1.807, 2.05) is 11.4 Å². The van der Waals surface area contributed by atoms with Crippen molar-refractivity contribution in [2.45, 2.75) is 25.7 Å². The van der Waals surface area contributed by atoms with Crippen LogP contribution in [0.5, 0.6) is 5.75 Å². The van der Waals surface area contributed by atoms with Crippen LogP contribution in [-0.2, 0) is 0 Å². The van der Waals surface area contributed by atoms with E-state index >= 15 is 0 Å². The second-order valence-corrected chi connectivity index (χ2v) is 6.53. The van der Waals surface area contributed by atoms with Crippen LogP contribution in [0.15, 0.2) is 6.07 Å². The number of carbonyl (C=O) groups is 1. The van der Waals surface area contributed by atoms with Crippen molar-refractivity contribution < 1.29 is 14.6 Å². The molecule has 1 heterocycles. The molecule has 128 valence electrons.